The van der Waals surface area contributed by atoms with Gasteiger partial charge in [0.25, 0.3) is 0 Å². The summed E-state index contributed by atoms with van der Waals surface area (Å²) < 4.78 is 28.9. The Kier molecular flexibility index (Phi) is 4.49. The van der Waals surface area contributed by atoms with Crippen molar-refractivity contribution in [3.8, 4) is 0 Å². The average Bonchev–Trinajstić information content (AvgIpc) is 3.41. The van der Waals surface area contributed by atoms with Crippen molar-refractivity contribution < 1.29 is 8.42 Å². The number of fused-ring (bicyclic) bond motifs is 1. The van der Waals surface area contributed by atoms with Crippen molar-refractivity contribution in [1.29, 1.82) is 0 Å². The minimum Gasteiger partial charge on any atom is -0.352 e. The molecule has 10 heteroatoms. The fourth-order valence-electron chi connectivity index (χ4n) is 3.57. The van der Waals surface area contributed by atoms with Crippen LogP contribution in [0.15, 0.2) is 36.4 Å². The van der Waals surface area contributed by atoms with Crippen LogP contribution in [0.2, 0.25) is 5.02 Å². The number of benzene rings is 1. The standard InChI is InChI=1S/C19H21ClN6O2S/c1-24(29(27,28)12-14-4-2-3-5-16(14)20)15-10-25(11-15)18-9-8-17-21-22-19(13-6-7-13)26(17)23-18/h2-5,8-9,13,15H,6-7,10-12H2,1H3. The molecule has 2 fully saturated rings. The molecule has 0 N–H and O–H groups in total. The Bertz CT molecular complexity index is 1170. The van der Waals surface area contributed by atoms with Gasteiger partial charge in [-0.2, -0.15) is 8.82 Å². The topological polar surface area (TPSA) is 83.7 Å². The number of nitrogens with zero attached hydrogens (tertiary/aromatic N) is 6. The van der Waals surface area contributed by atoms with E-state index in [2.05, 4.69) is 20.2 Å². The van der Waals surface area contributed by atoms with Crippen LogP contribution in [0.3, 0.4) is 0 Å². The predicted molar refractivity (Wildman–Crippen MR) is 111 cm³/mol. The van der Waals surface area contributed by atoms with Crippen molar-refractivity contribution >= 4 is 33.1 Å². The zero-order valence-corrected chi connectivity index (χ0v) is 17.5. The zero-order valence-electron chi connectivity index (χ0n) is 15.9. The fraction of sp³-hybridized carbons (Fsp3) is 0.421. The number of rotatable bonds is 6. The molecule has 8 nitrogen and oxygen atoms in total. The number of hydrogen-bond acceptors (Lipinski definition) is 6. The SMILES string of the molecule is CN(C1CN(c2ccc3nnc(C4CC4)n3n2)C1)S(=O)(=O)Cc1ccccc1Cl. The maximum Gasteiger partial charge on any atom is 0.218 e. The summed E-state index contributed by atoms with van der Waals surface area (Å²) in [6.45, 7) is 1.19. The summed E-state index contributed by atoms with van der Waals surface area (Å²) in [6.07, 6.45) is 2.26. The number of halogens is 1. The number of hydrogen-bond donors (Lipinski definition) is 0. The lowest BCUT2D eigenvalue weighted by atomic mass is 10.1. The van der Waals surface area contributed by atoms with Crippen LogP contribution in [0.25, 0.3) is 5.65 Å². The molecule has 1 saturated heterocycles. The van der Waals surface area contributed by atoms with Crippen molar-refractivity contribution in [2.24, 2.45) is 0 Å². The van der Waals surface area contributed by atoms with Crippen LogP contribution in [0.4, 0.5) is 5.82 Å². The Hall–Kier alpha value is -2.23. The third kappa shape index (κ3) is 3.47. The summed E-state index contributed by atoms with van der Waals surface area (Å²) >= 11 is 6.13. The summed E-state index contributed by atoms with van der Waals surface area (Å²) in [6, 6.07) is 10.8. The van der Waals surface area contributed by atoms with Gasteiger partial charge in [-0.1, -0.05) is 29.8 Å². The summed E-state index contributed by atoms with van der Waals surface area (Å²) in [5.74, 6) is 2.08. The second kappa shape index (κ2) is 6.93. The van der Waals surface area contributed by atoms with E-state index in [9.17, 15) is 8.42 Å². The maximum atomic E-state index is 12.8. The van der Waals surface area contributed by atoms with E-state index in [0.717, 1.165) is 30.1 Å². The quantitative estimate of drug-likeness (QED) is 0.594. The van der Waals surface area contributed by atoms with E-state index in [0.29, 0.717) is 29.6 Å². The van der Waals surface area contributed by atoms with Crippen molar-refractivity contribution in [2.75, 3.05) is 25.0 Å². The molecule has 3 aromatic rings. The Balaban J connectivity index is 1.28. The van der Waals surface area contributed by atoms with Crippen LogP contribution in [0.5, 0.6) is 0 Å². The molecule has 0 unspecified atom stereocenters. The highest BCUT2D eigenvalue weighted by molar-refractivity contribution is 7.88. The number of likely N-dealkylation sites (N-methyl/N-ethyl adjacent to an activating group) is 1. The van der Waals surface area contributed by atoms with Gasteiger partial charge >= 0.3 is 0 Å². The van der Waals surface area contributed by atoms with Crippen LogP contribution in [0, 0.1) is 0 Å². The normalized spacial score (nSPS) is 17.8. The van der Waals surface area contributed by atoms with Crippen molar-refractivity contribution in [3.05, 3.63) is 52.8 Å². The first-order valence-electron chi connectivity index (χ1n) is 9.59. The Morgan fingerprint density at radius 3 is 2.62 bits per heavy atom. The molecule has 0 spiro atoms. The third-order valence-electron chi connectivity index (χ3n) is 5.65. The van der Waals surface area contributed by atoms with Gasteiger partial charge in [-0.3, -0.25) is 0 Å². The van der Waals surface area contributed by atoms with Crippen LogP contribution in [-0.2, 0) is 15.8 Å². The smallest absolute Gasteiger partial charge is 0.218 e. The van der Waals surface area contributed by atoms with Gasteiger partial charge in [0, 0.05) is 31.1 Å². The molecular formula is C19H21ClN6O2S. The lowest BCUT2D eigenvalue weighted by Gasteiger charge is -2.43. The van der Waals surface area contributed by atoms with Crippen molar-refractivity contribution in [2.45, 2.75) is 30.6 Å². The summed E-state index contributed by atoms with van der Waals surface area (Å²) in [5.41, 5.74) is 1.36. The van der Waals surface area contributed by atoms with E-state index >= 15 is 0 Å². The molecule has 1 aromatic carbocycles. The van der Waals surface area contributed by atoms with Gasteiger partial charge in [-0.05, 0) is 36.6 Å². The lowest BCUT2D eigenvalue weighted by molar-refractivity contribution is 0.308. The van der Waals surface area contributed by atoms with Crippen LogP contribution in [0.1, 0.15) is 30.1 Å². The molecular weight excluding hydrogens is 412 g/mol. The Morgan fingerprint density at radius 1 is 1.14 bits per heavy atom. The van der Waals surface area contributed by atoms with E-state index in [1.54, 1.807) is 31.3 Å². The van der Waals surface area contributed by atoms with Gasteiger partial charge in [-0.15, -0.1) is 15.3 Å². The second-order valence-corrected chi connectivity index (χ2v) is 10.2. The number of aromatic nitrogens is 4. The molecule has 5 rings (SSSR count). The van der Waals surface area contributed by atoms with Gasteiger partial charge in [0.1, 0.15) is 5.82 Å². The highest BCUT2D eigenvalue weighted by atomic mass is 35.5. The molecule has 1 aliphatic heterocycles. The molecule has 0 radical (unpaired) electrons. The van der Waals surface area contributed by atoms with Gasteiger partial charge in [0.15, 0.2) is 11.5 Å². The molecule has 2 aromatic heterocycles. The lowest BCUT2D eigenvalue weighted by Crippen LogP contribution is -2.60. The van der Waals surface area contributed by atoms with Gasteiger partial charge in [0.05, 0.1) is 11.8 Å². The molecule has 152 valence electrons. The van der Waals surface area contributed by atoms with Crippen molar-refractivity contribution in [3.63, 3.8) is 0 Å². The first kappa shape index (κ1) is 18.8. The van der Waals surface area contributed by atoms with Crippen molar-refractivity contribution in [1.82, 2.24) is 24.1 Å². The minimum atomic E-state index is -3.46. The molecule has 2 aliphatic rings. The molecule has 0 amide bonds. The first-order chi connectivity index (χ1) is 13.9. The second-order valence-electron chi connectivity index (χ2n) is 7.72. The third-order valence-corrected chi connectivity index (χ3v) is 7.87. The average molecular weight is 433 g/mol. The van der Waals surface area contributed by atoms with E-state index < -0.39 is 10.0 Å². The van der Waals surface area contributed by atoms with Gasteiger partial charge in [-0.25, -0.2) is 8.42 Å². The molecule has 29 heavy (non-hydrogen) atoms. The number of sulfonamides is 1. The predicted octanol–water partition coefficient (Wildman–Crippen LogP) is 2.31. The molecule has 3 heterocycles. The highest BCUT2D eigenvalue weighted by Gasteiger charge is 2.37. The monoisotopic (exact) mass is 432 g/mol. The Labute approximate surface area is 174 Å². The summed E-state index contributed by atoms with van der Waals surface area (Å²) in [5, 5.41) is 13.6. The first-order valence-corrected chi connectivity index (χ1v) is 11.6. The van der Waals surface area contributed by atoms with E-state index in [1.165, 1.54) is 4.31 Å². The molecule has 0 atom stereocenters. The van der Waals surface area contributed by atoms with Gasteiger partial charge in [0.2, 0.25) is 10.0 Å². The maximum absolute atomic E-state index is 12.8. The van der Waals surface area contributed by atoms with Gasteiger partial charge < -0.3 is 4.90 Å². The highest BCUT2D eigenvalue weighted by Crippen LogP contribution is 2.39. The molecule has 1 aliphatic carbocycles. The van der Waals surface area contributed by atoms with E-state index in [-0.39, 0.29) is 11.8 Å². The van der Waals surface area contributed by atoms with E-state index in [1.807, 2.05) is 16.6 Å². The summed E-state index contributed by atoms with van der Waals surface area (Å²) in [4.78, 5) is 2.07. The zero-order chi connectivity index (χ0) is 20.2. The fourth-order valence-corrected chi connectivity index (χ4v) is 5.29. The molecule has 0 bridgehead atoms. The number of anilines is 1. The van der Waals surface area contributed by atoms with Crippen LogP contribution in [-0.4, -0.2) is 58.7 Å². The molecule has 1 saturated carbocycles. The Morgan fingerprint density at radius 2 is 1.90 bits per heavy atom. The van der Waals surface area contributed by atoms with E-state index in [4.69, 9.17) is 11.6 Å². The largest absolute Gasteiger partial charge is 0.352 e. The minimum absolute atomic E-state index is 0.0937. The van der Waals surface area contributed by atoms with Crippen LogP contribution >= 0.6 is 11.6 Å². The summed E-state index contributed by atoms with van der Waals surface area (Å²) in [7, 11) is -1.83. The van der Waals surface area contributed by atoms with Crippen LogP contribution < -0.4 is 4.90 Å².